The van der Waals surface area contributed by atoms with Crippen LogP contribution >= 0.6 is 0 Å². The minimum Gasteiger partial charge on any atom is -0.509 e. The van der Waals surface area contributed by atoms with E-state index in [1.807, 2.05) is 47.4 Å². The zero-order valence-electron chi connectivity index (χ0n) is 34.2. The smallest absolute Gasteiger partial charge is 0.509 e. The van der Waals surface area contributed by atoms with Crippen molar-refractivity contribution in [2.24, 2.45) is 11.8 Å². The number of hydrogen-bond donors (Lipinski definition) is 0. The summed E-state index contributed by atoms with van der Waals surface area (Å²) in [6, 6.07) is 32.2. The standard InChI is InChI=1S/C49H54N4O.Pt/c1-31(2)23-40-42(48(6,7)8)28-43(49(9,10)11)41(24-32(3)4)47(40)34-29-51-52(30-34)35-15-14-16-36(26-35)54-37-19-20-39-38-17-12-13-18-44(38)53(45(39)27-37)46-25-33(5)21-22-50-46;/h12-22,25,28-32H,23-24H2,1-11H3;/q-2;+2. The average Bonchev–Trinajstić information content (AvgIpc) is 3.70. The molecule has 0 atom stereocenters. The van der Waals surface area contributed by atoms with Crippen LogP contribution in [0.4, 0.5) is 0 Å². The molecule has 4 aromatic carbocycles. The molecule has 0 aliphatic heterocycles. The van der Waals surface area contributed by atoms with Gasteiger partial charge in [-0.1, -0.05) is 99.0 Å². The topological polar surface area (TPSA) is 44.9 Å². The summed E-state index contributed by atoms with van der Waals surface area (Å²) in [6.45, 7) is 25.5. The van der Waals surface area contributed by atoms with Gasteiger partial charge >= 0.3 is 21.1 Å². The van der Waals surface area contributed by atoms with E-state index in [0.29, 0.717) is 23.3 Å². The van der Waals surface area contributed by atoms with E-state index in [-0.39, 0.29) is 31.9 Å². The van der Waals surface area contributed by atoms with E-state index >= 15 is 0 Å². The molecule has 3 aromatic heterocycles. The van der Waals surface area contributed by atoms with Gasteiger partial charge in [-0.05, 0) is 105 Å². The Morgan fingerprint density at radius 3 is 2.02 bits per heavy atom. The third kappa shape index (κ3) is 8.24. The molecule has 6 heteroatoms. The number of pyridine rings is 1. The van der Waals surface area contributed by atoms with E-state index in [9.17, 15) is 0 Å². The quantitative estimate of drug-likeness (QED) is 0.136. The molecule has 0 radical (unpaired) electrons. The molecule has 55 heavy (non-hydrogen) atoms. The number of para-hydroxylation sites is 1. The summed E-state index contributed by atoms with van der Waals surface area (Å²) in [5, 5.41) is 7.21. The van der Waals surface area contributed by atoms with Gasteiger partial charge in [0.1, 0.15) is 5.82 Å². The number of nitrogens with zero attached hydrogens (tertiary/aromatic N) is 4. The molecule has 0 saturated carbocycles. The van der Waals surface area contributed by atoms with Gasteiger partial charge in [0.25, 0.3) is 0 Å². The van der Waals surface area contributed by atoms with Gasteiger partial charge in [0.15, 0.2) is 0 Å². The summed E-state index contributed by atoms with van der Waals surface area (Å²) < 4.78 is 10.6. The average molecular weight is 910 g/mol. The van der Waals surface area contributed by atoms with E-state index in [1.165, 1.54) is 27.8 Å². The van der Waals surface area contributed by atoms with Crippen LogP contribution in [0.5, 0.6) is 11.5 Å². The number of rotatable bonds is 9. The van der Waals surface area contributed by atoms with E-state index in [0.717, 1.165) is 57.3 Å². The summed E-state index contributed by atoms with van der Waals surface area (Å²) in [4.78, 5) is 4.72. The van der Waals surface area contributed by atoms with Crippen LogP contribution in [0.1, 0.15) is 97.1 Å². The Balaban J connectivity index is 0.00000514. The van der Waals surface area contributed by atoms with Crippen molar-refractivity contribution >= 4 is 21.8 Å². The van der Waals surface area contributed by atoms with Gasteiger partial charge in [-0.2, -0.15) is 17.2 Å². The second kappa shape index (κ2) is 15.6. The number of aryl methyl sites for hydroxylation is 1. The fourth-order valence-electron chi connectivity index (χ4n) is 7.84. The van der Waals surface area contributed by atoms with Crippen LogP contribution < -0.4 is 4.74 Å². The number of benzene rings is 4. The Bertz CT molecular complexity index is 2420. The molecule has 0 N–H and O–H groups in total. The minimum atomic E-state index is -0.00424. The van der Waals surface area contributed by atoms with Crippen molar-refractivity contribution in [2.75, 3.05) is 0 Å². The fourth-order valence-corrected chi connectivity index (χ4v) is 7.84. The molecular formula is C49H54N4OPt. The van der Waals surface area contributed by atoms with Crippen LogP contribution in [0.25, 0.3) is 44.4 Å². The van der Waals surface area contributed by atoms with Crippen LogP contribution in [-0.4, -0.2) is 19.3 Å². The molecule has 0 aliphatic rings. The summed E-state index contributed by atoms with van der Waals surface area (Å²) in [7, 11) is 0. The molecule has 7 rings (SSSR count). The number of hydrogen-bond acceptors (Lipinski definition) is 3. The Kier molecular flexibility index (Phi) is 11.4. The number of fused-ring (bicyclic) bond motifs is 3. The molecular weight excluding hydrogens is 856 g/mol. The normalized spacial score (nSPS) is 12.2. The first kappa shape index (κ1) is 40.2. The largest absolute Gasteiger partial charge is 2.00 e. The molecule has 0 bridgehead atoms. The Morgan fingerprint density at radius 2 is 1.38 bits per heavy atom. The molecule has 0 fully saturated rings. The van der Waals surface area contributed by atoms with Gasteiger partial charge < -0.3 is 9.30 Å². The molecule has 0 aliphatic carbocycles. The van der Waals surface area contributed by atoms with Gasteiger partial charge in [-0.3, -0.25) is 4.68 Å². The van der Waals surface area contributed by atoms with E-state index in [2.05, 4.69) is 142 Å². The van der Waals surface area contributed by atoms with Gasteiger partial charge in [-0.15, -0.1) is 35.7 Å². The van der Waals surface area contributed by atoms with Crippen LogP contribution in [0, 0.1) is 30.9 Å². The Hall–Kier alpha value is -4.47. The first-order valence-corrected chi connectivity index (χ1v) is 19.4. The van der Waals surface area contributed by atoms with Crippen LogP contribution in [0.3, 0.4) is 0 Å². The van der Waals surface area contributed by atoms with Gasteiger partial charge in [0.2, 0.25) is 0 Å². The summed E-state index contributed by atoms with van der Waals surface area (Å²) in [5.74, 6) is 3.09. The first-order valence-electron chi connectivity index (χ1n) is 19.4. The zero-order chi connectivity index (χ0) is 38.5. The second-order valence-corrected chi connectivity index (χ2v) is 17.8. The van der Waals surface area contributed by atoms with Crippen LogP contribution in [0.15, 0.2) is 91.4 Å². The monoisotopic (exact) mass is 909 g/mol. The third-order valence-corrected chi connectivity index (χ3v) is 10.2. The molecule has 7 aromatic rings. The van der Waals surface area contributed by atoms with E-state index in [4.69, 9.17) is 14.8 Å². The van der Waals surface area contributed by atoms with Crippen molar-refractivity contribution in [3.63, 3.8) is 0 Å². The Labute approximate surface area is 342 Å². The maximum Gasteiger partial charge on any atom is 2.00 e. The van der Waals surface area contributed by atoms with Crippen molar-refractivity contribution in [2.45, 2.75) is 99.8 Å². The van der Waals surface area contributed by atoms with Crippen LogP contribution in [0.2, 0.25) is 0 Å². The predicted molar refractivity (Wildman–Crippen MR) is 225 cm³/mol. The molecule has 0 spiro atoms. The SMILES string of the molecule is Cc1ccnc(-n2c3[c-]c(Oc4[c-]c(-n5cc(-c6c(CC(C)C)c(C(C)(C)C)cc(C(C)(C)C)c6CC(C)C)cn5)ccc4)ccc3c3ccccc32)c1.[Pt+2]. The summed E-state index contributed by atoms with van der Waals surface area (Å²) >= 11 is 0. The Morgan fingerprint density at radius 1 is 0.727 bits per heavy atom. The van der Waals surface area contributed by atoms with Crippen molar-refractivity contribution in [3.05, 3.63) is 131 Å². The van der Waals surface area contributed by atoms with Gasteiger partial charge in [-0.25, -0.2) is 4.98 Å². The predicted octanol–water partition coefficient (Wildman–Crippen LogP) is 12.7. The first-order chi connectivity index (χ1) is 25.6. The number of aromatic nitrogens is 4. The third-order valence-electron chi connectivity index (χ3n) is 10.2. The van der Waals surface area contributed by atoms with Crippen molar-refractivity contribution in [1.29, 1.82) is 0 Å². The molecule has 3 heterocycles. The fraction of sp³-hybridized carbons (Fsp3) is 0.347. The van der Waals surface area contributed by atoms with E-state index in [1.54, 1.807) is 0 Å². The molecule has 0 unspecified atom stereocenters. The van der Waals surface area contributed by atoms with Crippen LogP contribution in [-0.2, 0) is 44.7 Å². The van der Waals surface area contributed by atoms with Gasteiger partial charge in [0.05, 0.1) is 6.20 Å². The van der Waals surface area contributed by atoms with Crippen molar-refractivity contribution < 1.29 is 25.8 Å². The minimum absolute atomic E-state index is 0. The van der Waals surface area contributed by atoms with E-state index < -0.39 is 0 Å². The maximum atomic E-state index is 6.50. The number of ether oxygens (including phenoxy) is 1. The molecule has 0 saturated heterocycles. The van der Waals surface area contributed by atoms with Crippen molar-refractivity contribution in [1.82, 2.24) is 19.3 Å². The molecule has 5 nitrogen and oxygen atoms in total. The maximum absolute atomic E-state index is 6.50. The van der Waals surface area contributed by atoms with Crippen molar-refractivity contribution in [3.8, 4) is 34.1 Å². The van der Waals surface area contributed by atoms with Gasteiger partial charge in [0, 0.05) is 35.0 Å². The summed E-state index contributed by atoms with van der Waals surface area (Å²) in [5.41, 5.74) is 12.2. The zero-order valence-corrected chi connectivity index (χ0v) is 36.5. The molecule has 0 amide bonds. The molecule has 286 valence electrons. The summed E-state index contributed by atoms with van der Waals surface area (Å²) in [6.07, 6.45) is 8.11. The second-order valence-electron chi connectivity index (χ2n) is 17.8.